The van der Waals surface area contributed by atoms with Crippen LogP contribution in [0.15, 0.2) is 0 Å². The zero-order valence-electron chi connectivity index (χ0n) is 13.1. The van der Waals surface area contributed by atoms with Crippen molar-refractivity contribution in [2.45, 2.75) is 44.2 Å². The summed E-state index contributed by atoms with van der Waals surface area (Å²) in [6, 6.07) is 0.172. The van der Waals surface area contributed by atoms with E-state index < -0.39 is 0 Å². The molecule has 0 aromatic heterocycles. The van der Waals surface area contributed by atoms with E-state index in [0.717, 1.165) is 50.9 Å². The predicted octanol–water partition coefficient (Wildman–Crippen LogP) is 1.32. The SMILES string of the molecule is CNC1CCCN(C(=O)C2CSCN2C(=O)C2CCC2)C1.Cl. The predicted molar refractivity (Wildman–Crippen MR) is 91.2 cm³/mol. The van der Waals surface area contributed by atoms with Gasteiger partial charge in [-0.3, -0.25) is 9.59 Å². The average Bonchev–Trinajstić information content (AvgIpc) is 2.94. The van der Waals surface area contributed by atoms with Crippen LogP contribution in [0.1, 0.15) is 32.1 Å². The van der Waals surface area contributed by atoms with Crippen molar-refractivity contribution >= 4 is 36.0 Å². The van der Waals surface area contributed by atoms with Gasteiger partial charge in [0.15, 0.2) is 0 Å². The number of likely N-dealkylation sites (tertiary alicyclic amines) is 1. The molecule has 3 rings (SSSR count). The molecule has 1 N–H and O–H groups in total. The molecule has 5 nitrogen and oxygen atoms in total. The Balaban J connectivity index is 0.00000176. The third-order valence-corrected chi connectivity index (χ3v) is 6.06. The van der Waals surface area contributed by atoms with Crippen LogP contribution in [0, 0.1) is 5.92 Å². The molecule has 0 radical (unpaired) electrons. The van der Waals surface area contributed by atoms with Crippen molar-refractivity contribution in [3.8, 4) is 0 Å². The summed E-state index contributed by atoms with van der Waals surface area (Å²) in [6.07, 6.45) is 5.35. The Morgan fingerprint density at radius 2 is 1.91 bits per heavy atom. The summed E-state index contributed by atoms with van der Waals surface area (Å²) in [5.74, 6) is 2.01. The van der Waals surface area contributed by atoms with Gasteiger partial charge in [0.25, 0.3) is 0 Å². The quantitative estimate of drug-likeness (QED) is 0.836. The van der Waals surface area contributed by atoms with Crippen LogP contribution in [0.3, 0.4) is 0 Å². The van der Waals surface area contributed by atoms with Gasteiger partial charge in [0.2, 0.25) is 11.8 Å². The minimum atomic E-state index is -0.223. The molecule has 2 saturated heterocycles. The van der Waals surface area contributed by atoms with Crippen LogP contribution >= 0.6 is 24.2 Å². The highest BCUT2D eigenvalue weighted by Gasteiger charge is 2.41. The lowest BCUT2D eigenvalue weighted by atomic mass is 9.84. The maximum Gasteiger partial charge on any atom is 0.246 e. The molecule has 2 aliphatic heterocycles. The van der Waals surface area contributed by atoms with Crippen LogP contribution in [-0.2, 0) is 9.59 Å². The van der Waals surface area contributed by atoms with Crippen molar-refractivity contribution in [1.82, 2.24) is 15.1 Å². The molecule has 3 fully saturated rings. The molecule has 22 heavy (non-hydrogen) atoms. The van der Waals surface area contributed by atoms with Crippen molar-refractivity contribution in [3.63, 3.8) is 0 Å². The molecule has 1 aliphatic carbocycles. The van der Waals surface area contributed by atoms with Crippen LogP contribution < -0.4 is 5.32 Å². The van der Waals surface area contributed by atoms with Gasteiger partial charge in [0.05, 0.1) is 5.88 Å². The number of halogens is 1. The van der Waals surface area contributed by atoms with Crippen molar-refractivity contribution in [2.75, 3.05) is 31.8 Å². The molecule has 0 bridgehead atoms. The van der Waals surface area contributed by atoms with E-state index in [4.69, 9.17) is 0 Å². The van der Waals surface area contributed by atoms with Gasteiger partial charge in [-0.05, 0) is 32.7 Å². The molecule has 7 heteroatoms. The summed E-state index contributed by atoms with van der Waals surface area (Å²) in [5.41, 5.74) is 0. The van der Waals surface area contributed by atoms with Crippen LogP contribution in [0.4, 0.5) is 0 Å². The minimum absolute atomic E-state index is 0. The minimum Gasteiger partial charge on any atom is -0.339 e. The lowest BCUT2D eigenvalue weighted by molar-refractivity contribution is -0.147. The molecule has 2 atom stereocenters. The summed E-state index contributed by atoms with van der Waals surface area (Å²) in [4.78, 5) is 29.1. The zero-order chi connectivity index (χ0) is 14.8. The fraction of sp³-hybridized carbons (Fsp3) is 0.867. The summed E-state index contributed by atoms with van der Waals surface area (Å²) >= 11 is 1.71. The van der Waals surface area contributed by atoms with Crippen molar-refractivity contribution < 1.29 is 9.59 Å². The molecule has 2 unspecified atom stereocenters. The van der Waals surface area contributed by atoms with Crippen molar-refractivity contribution in [3.05, 3.63) is 0 Å². The topological polar surface area (TPSA) is 52.7 Å². The first-order valence-corrected chi connectivity index (χ1v) is 9.20. The largest absolute Gasteiger partial charge is 0.339 e. The van der Waals surface area contributed by atoms with E-state index in [0.29, 0.717) is 11.9 Å². The Morgan fingerprint density at radius 3 is 2.55 bits per heavy atom. The summed E-state index contributed by atoms with van der Waals surface area (Å²) in [7, 11) is 1.95. The first-order chi connectivity index (χ1) is 10.2. The van der Waals surface area contributed by atoms with Gasteiger partial charge >= 0.3 is 0 Å². The van der Waals surface area contributed by atoms with E-state index in [-0.39, 0.29) is 36.2 Å². The van der Waals surface area contributed by atoms with Crippen LogP contribution in [-0.4, -0.2) is 65.5 Å². The summed E-state index contributed by atoms with van der Waals surface area (Å²) < 4.78 is 0. The molecule has 2 amide bonds. The highest BCUT2D eigenvalue weighted by molar-refractivity contribution is 7.99. The molecular weight excluding hydrogens is 322 g/mol. The van der Waals surface area contributed by atoms with Crippen molar-refractivity contribution in [1.29, 1.82) is 0 Å². The number of carbonyl (C=O) groups excluding carboxylic acids is 2. The van der Waals surface area contributed by atoms with E-state index in [1.807, 2.05) is 16.8 Å². The summed E-state index contributed by atoms with van der Waals surface area (Å²) in [6.45, 7) is 1.62. The van der Waals surface area contributed by atoms with Gasteiger partial charge in [0, 0.05) is 30.8 Å². The van der Waals surface area contributed by atoms with E-state index >= 15 is 0 Å². The van der Waals surface area contributed by atoms with Gasteiger partial charge in [0.1, 0.15) is 6.04 Å². The van der Waals surface area contributed by atoms with Crippen LogP contribution in [0.25, 0.3) is 0 Å². The fourth-order valence-electron chi connectivity index (χ4n) is 3.38. The molecule has 0 spiro atoms. The van der Waals surface area contributed by atoms with Gasteiger partial charge < -0.3 is 15.1 Å². The van der Waals surface area contributed by atoms with Gasteiger partial charge in [-0.1, -0.05) is 6.42 Å². The number of hydrogen-bond acceptors (Lipinski definition) is 4. The standard InChI is InChI=1S/C15H25N3O2S.ClH/c1-16-12-6-3-7-17(8-12)15(20)13-9-21-10-18(13)14(19)11-4-2-5-11;/h11-13,16H,2-10H2,1H3;1H. The maximum atomic E-state index is 12.8. The number of nitrogens with one attached hydrogen (secondary N) is 1. The molecule has 0 aromatic carbocycles. The second-order valence-corrected chi connectivity index (χ2v) is 7.36. The van der Waals surface area contributed by atoms with Gasteiger partial charge in [-0.15, -0.1) is 24.2 Å². The molecule has 3 aliphatic rings. The maximum absolute atomic E-state index is 12.8. The number of likely N-dealkylation sites (N-methyl/N-ethyl adjacent to an activating group) is 1. The van der Waals surface area contributed by atoms with Crippen LogP contribution in [0.2, 0.25) is 0 Å². The Hall–Kier alpha value is -0.460. The zero-order valence-corrected chi connectivity index (χ0v) is 14.8. The number of piperidine rings is 1. The molecule has 1 saturated carbocycles. The second kappa shape index (κ2) is 7.88. The Labute approximate surface area is 142 Å². The Bertz CT molecular complexity index is 420. The fourth-order valence-corrected chi connectivity index (χ4v) is 4.53. The number of thioether (sulfide) groups is 1. The number of hydrogen-bond donors (Lipinski definition) is 1. The first kappa shape index (κ1) is 17.9. The van der Waals surface area contributed by atoms with E-state index in [2.05, 4.69) is 5.32 Å². The van der Waals surface area contributed by atoms with E-state index in [1.165, 1.54) is 0 Å². The smallest absolute Gasteiger partial charge is 0.246 e. The van der Waals surface area contributed by atoms with Gasteiger partial charge in [-0.25, -0.2) is 0 Å². The molecule has 0 aromatic rings. The lowest BCUT2D eigenvalue weighted by Gasteiger charge is -2.37. The monoisotopic (exact) mass is 347 g/mol. The van der Waals surface area contributed by atoms with E-state index in [9.17, 15) is 9.59 Å². The number of rotatable bonds is 3. The number of nitrogens with zero attached hydrogens (tertiary/aromatic N) is 2. The second-order valence-electron chi connectivity index (χ2n) is 6.36. The third kappa shape index (κ3) is 3.54. The van der Waals surface area contributed by atoms with Crippen LogP contribution in [0.5, 0.6) is 0 Å². The molecule has 126 valence electrons. The Kier molecular flexibility index (Phi) is 6.41. The highest BCUT2D eigenvalue weighted by atomic mass is 35.5. The van der Waals surface area contributed by atoms with Gasteiger partial charge in [-0.2, -0.15) is 0 Å². The number of carbonyl (C=O) groups is 2. The summed E-state index contributed by atoms with van der Waals surface area (Å²) in [5, 5.41) is 3.27. The van der Waals surface area contributed by atoms with Crippen molar-refractivity contribution in [2.24, 2.45) is 5.92 Å². The highest BCUT2D eigenvalue weighted by Crippen LogP contribution is 2.32. The third-order valence-electron chi connectivity index (χ3n) is 5.05. The first-order valence-electron chi connectivity index (χ1n) is 8.05. The Morgan fingerprint density at radius 1 is 1.14 bits per heavy atom. The average molecular weight is 348 g/mol. The number of amides is 2. The molecular formula is C15H26ClN3O2S. The lowest BCUT2D eigenvalue weighted by Crippen LogP contribution is -2.55. The normalized spacial score (nSPS) is 29.0. The van der Waals surface area contributed by atoms with E-state index in [1.54, 1.807) is 11.8 Å². The molecule has 2 heterocycles.